The van der Waals surface area contributed by atoms with Crippen LogP contribution in [0, 0.1) is 18.3 Å². The van der Waals surface area contributed by atoms with E-state index >= 15 is 0 Å². The van der Waals surface area contributed by atoms with Crippen molar-refractivity contribution in [3.05, 3.63) is 41.9 Å². The minimum Gasteiger partial charge on any atom is -0.471 e. The molecule has 0 radical (unpaired) electrons. The van der Waals surface area contributed by atoms with Gasteiger partial charge in [0.2, 0.25) is 5.88 Å². The highest BCUT2D eigenvalue weighted by molar-refractivity contribution is 14.1. The van der Waals surface area contributed by atoms with Crippen molar-refractivity contribution in [2.75, 3.05) is 0 Å². The molecule has 0 aliphatic carbocycles. The number of nitriles is 1. The van der Waals surface area contributed by atoms with Gasteiger partial charge in [-0.05, 0) is 26.8 Å². The van der Waals surface area contributed by atoms with Gasteiger partial charge >= 0.3 is 0 Å². The number of para-hydroxylation sites is 1. The molecular weight excluding hydrogens is 431 g/mol. The number of aryl methyl sites for hydroxylation is 1. The number of H-pyrrole nitrogens is 1. The summed E-state index contributed by atoms with van der Waals surface area (Å²) < 4.78 is 11.1. The topological polar surface area (TPSA) is 83.8 Å². The van der Waals surface area contributed by atoms with Gasteiger partial charge in [-0.3, -0.25) is 0 Å². The molecule has 0 aliphatic heterocycles. The summed E-state index contributed by atoms with van der Waals surface area (Å²) in [6.07, 6.45) is 3.35. The number of benzene rings is 1. The number of ether oxygens (including phenoxy) is 1. The van der Waals surface area contributed by atoms with Crippen LogP contribution in [0.3, 0.4) is 0 Å². The average molecular weight is 448 g/mol. The first-order valence-corrected chi connectivity index (χ1v) is 8.71. The molecule has 7 heteroatoms. The smallest absolute Gasteiger partial charge is 0.235 e. The highest BCUT2D eigenvalue weighted by Crippen LogP contribution is 2.30. The SMILES string of the molecule is Cc1nc(-c2c[nH]c3c(C#N)cccc23)cnc1O[C@@H](C)[C@H](C)OI. The quantitative estimate of drug-likeness (QED) is 0.588. The summed E-state index contributed by atoms with van der Waals surface area (Å²) >= 11 is 1.86. The summed E-state index contributed by atoms with van der Waals surface area (Å²) in [4.78, 5) is 12.2. The van der Waals surface area contributed by atoms with Crippen molar-refractivity contribution in [2.24, 2.45) is 0 Å². The minimum absolute atomic E-state index is 0.0560. The van der Waals surface area contributed by atoms with Crippen LogP contribution < -0.4 is 4.74 Å². The van der Waals surface area contributed by atoms with Crippen LogP contribution in [0.4, 0.5) is 0 Å². The van der Waals surface area contributed by atoms with E-state index < -0.39 is 0 Å². The van der Waals surface area contributed by atoms with E-state index in [2.05, 4.69) is 21.0 Å². The molecule has 0 aliphatic rings. The maximum atomic E-state index is 9.22. The molecule has 25 heavy (non-hydrogen) atoms. The summed E-state index contributed by atoms with van der Waals surface area (Å²) in [5.74, 6) is 0.495. The zero-order valence-electron chi connectivity index (χ0n) is 14.1. The van der Waals surface area contributed by atoms with Crippen LogP contribution in [0.15, 0.2) is 30.6 Å². The largest absolute Gasteiger partial charge is 0.471 e. The Kier molecular flexibility index (Phi) is 5.20. The molecule has 2 heterocycles. The predicted molar refractivity (Wildman–Crippen MR) is 103 cm³/mol. The van der Waals surface area contributed by atoms with Crippen molar-refractivity contribution >= 4 is 33.9 Å². The lowest BCUT2D eigenvalue weighted by Gasteiger charge is -2.19. The lowest BCUT2D eigenvalue weighted by molar-refractivity contribution is 0.103. The molecule has 0 saturated carbocycles. The molecular formula is C18H17IN4O2. The molecule has 6 nitrogen and oxygen atoms in total. The maximum Gasteiger partial charge on any atom is 0.235 e. The van der Waals surface area contributed by atoms with Gasteiger partial charge in [0, 0.05) is 17.1 Å². The van der Waals surface area contributed by atoms with Gasteiger partial charge in [-0.25, -0.2) is 9.97 Å². The number of rotatable bonds is 5. The zero-order valence-corrected chi connectivity index (χ0v) is 16.2. The number of fused-ring (bicyclic) bond motifs is 1. The van der Waals surface area contributed by atoms with Gasteiger partial charge in [0.25, 0.3) is 0 Å². The molecule has 3 rings (SSSR count). The van der Waals surface area contributed by atoms with Crippen LogP contribution in [0.5, 0.6) is 5.88 Å². The van der Waals surface area contributed by atoms with E-state index in [1.165, 1.54) is 0 Å². The molecule has 0 spiro atoms. The van der Waals surface area contributed by atoms with Gasteiger partial charge in [-0.1, -0.05) is 12.1 Å². The van der Waals surface area contributed by atoms with E-state index in [0.717, 1.165) is 22.2 Å². The predicted octanol–water partition coefficient (Wildman–Crippen LogP) is 4.33. The van der Waals surface area contributed by atoms with Crippen molar-refractivity contribution in [3.8, 4) is 23.2 Å². The Morgan fingerprint density at radius 1 is 1.28 bits per heavy atom. The molecule has 0 amide bonds. The number of hydrogen-bond acceptors (Lipinski definition) is 5. The van der Waals surface area contributed by atoms with Crippen LogP contribution in [0.1, 0.15) is 25.1 Å². The van der Waals surface area contributed by atoms with E-state index in [-0.39, 0.29) is 12.2 Å². The third-order valence-electron chi connectivity index (χ3n) is 4.11. The number of halogens is 1. The lowest BCUT2D eigenvalue weighted by atomic mass is 10.1. The number of aromatic nitrogens is 3. The summed E-state index contributed by atoms with van der Waals surface area (Å²) in [6, 6.07) is 7.81. The Morgan fingerprint density at radius 2 is 2.08 bits per heavy atom. The molecule has 0 fully saturated rings. The second-order valence-corrected chi connectivity index (χ2v) is 6.31. The summed E-state index contributed by atoms with van der Waals surface area (Å²) in [5, 5.41) is 10.2. The molecule has 1 aromatic carbocycles. The molecule has 2 atom stereocenters. The van der Waals surface area contributed by atoms with Gasteiger partial charge < -0.3 is 12.8 Å². The molecule has 2 aromatic heterocycles. The normalized spacial score (nSPS) is 13.4. The molecule has 1 N–H and O–H groups in total. The summed E-state index contributed by atoms with van der Waals surface area (Å²) in [6.45, 7) is 5.73. The van der Waals surface area contributed by atoms with Crippen LogP contribution >= 0.6 is 23.0 Å². The zero-order chi connectivity index (χ0) is 18.0. The Morgan fingerprint density at radius 3 is 2.76 bits per heavy atom. The van der Waals surface area contributed by atoms with Gasteiger partial charge in [-0.15, -0.1) is 0 Å². The highest BCUT2D eigenvalue weighted by atomic mass is 127. The van der Waals surface area contributed by atoms with Crippen molar-refractivity contribution in [1.29, 1.82) is 5.26 Å². The summed E-state index contributed by atoms with van der Waals surface area (Å²) in [5.41, 5.74) is 3.76. The first-order valence-electron chi connectivity index (χ1n) is 7.83. The fourth-order valence-corrected chi connectivity index (χ4v) is 2.93. The number of aromatic amines is 1. The van der Waals surface area contributed by atoms with Crippen LogP contribution in [-0.2, 0) is 3.07 Å². The maximum absolute atomic E-state index is 9.22. The fraction of sp³-hybridized carbons (Fsp3) is 0.278. The van der Waals surface area contributed by atoms with E-state index in [1.54, 1.807) is 12.3 Å². The standard InChI is InChI=1S/C18H17IN4O2/c1-10-18(24-11(2)12(3)25-19)22-9-16(23-10)15-8-21-17-13(7-20)5-4-6-14(15)17/h4-6,8-9,11-12,21H,1-3H3/t11-,12-/m0/s1. The van der Waals surface area contributed by atoms with Crippen LogP contribution in [0.25, 0.3) is 22.2 Å². The second kappa shape index (κ2) is 7.37. The molecule has 0 saturated heterocycles. The first-order chi connectivity index (χ1) is 12.0. The van der Waals surface area contributed by atoms with E-state index in [4.69, 9.17) is 7.80 Å². The van der Waals surface area contributed by atoms with E-state index in [9.17, 15) is 5.26 Å². The van der Waals surface area contributed by atoms with E-state index in [1.807, 2.05) is 62.1 Å². The Labute approximate surface area is 159 Å². The fourth-order valence-electron chi connectivity index (χ4n) is 2.52. The molecule has 3 aromatic rings. The third-order valence-corrected chi connectivity index (χ3v) is 4.91. The second-order valence-electron chi connectivity index (χ2n) is 5.81. The average Bonchev–Trinajstić information content (AvgIpc) is 3.06. The molecule has 0 unspecified atom stereocenters. The van der Waals surface area contributed by atoms with Crippen molar-refractivity contribution in [1.82, 2.24) is 15.0 Å². The van der Waals surface area contributed by atoms with E-state index in [0.29, 0.717) is 17.1 Å². The summed E-state index contributed by atoms with van der Waals surface area (Å²) in [7, 11) is 0. The minimum atomic E-state index is -0.137. The van der Waals surface area contributed by atoms with Crippen molar-refractivity contribution in [2.45, 2.75) is 33.0 Å². The number of hydrogen-bond donors (Lipinski definition) is 1. The highest BCUT2D eigenvalue weighted by Gasteiger charge is 2.17. The first kappa shape index (κ1) is 17.6. The van der Waals surface area contributed by atoms with Gasteiger partial charge in [-0.2, -0.15) is 5.26 Å². The van der Waals surface area contributed by atoms with Crippen LogP contribution in [0.2, 0.25) is 0 Å². The van der Waals surface area contributed by atoms with Gasteiger partial charge in [0.1, 0.15) is 47.0 Å². The van der Waals surface area contributed by atoms with Crippen molar-refractivity contribution < 1.29 is 7.80 Å². The molecule has 0 bridgehead atoms. The lowest BCUT2D eigenvalue weighted by Crippen LogP contribution is -2.27. The number of nitrogens with zero attached hydrogens (tertiary/aromatic N) is 3. The van der Waals surface area contributed by atoms with Gasteiger partial charge in [0.15, 0.2) is 0 Å². The number of nitrogens with one attached hydrogen (secondary N) is 1. The Balaban J connectivity index is 1.95. The third kappa shape index (κ3) is 3.45. The molecule has 128 valence electrons. The Hall–Kier alpha value is -2.18. The Bertz CT molecular complexity index is 948. The van der Waals surface area contributed by atoms with Crippen molar-refractivity contribution in [3.63, 3.8) is 0 Å². The van der Waals surface area contributed by atoms with Crippen LogP contribution in [-0.4, -0.2) is 27.2 Å². The van der Waals surface area contributed by atoms with Gasteiger partial charge in [0.05, 0.1) is 23.0 Å². The monoisotopic (exact) mass is 448 g/mol.